The number of carbonyl (C=O) groups excluding carboxylic acids is 4. The van der Waals surface area contributed by atoms with E-state index in [1.807, 2.05) is 18.2 Å². The summed E-state index contributed by atoms with van der Waals surface area (Å²) in [6, 6.07) is 7.37. The Morgan fingerprint density at radius 1 is 1.04 bits per heavy atom. The maximum atomic E-state index is 13.9. The van der Waals surface area contributed by atoms with Crippen LogP contribution in [0.1, 0.15) is 76.5 Å². The van der Waals surface area contributed by atoms with Gasteiger partial charge in [-0.25, -0.2) is 18.4 Å². The fraction of sp³-hybridized carbons (Fsp3) is 0.514. The number of rotatable bonds is 9. The zero-order chi connectivity index (χ0) is 34.7. The van der Waals surface area contributed by atoms with Crippen molar-refractivity contribution >= 4 is 34.8 Å². The summed E-state index contributed by atoms with van der Waals surface area (Å²) in [5.41, 5.74) is 1.73. The lowest BCUT2D eigenvalue weighted by atomic mass is 9.90. The maximum absolute atomic E-state index is 13.9. The molecule has 0 spiro atoms. The van der Waals surface area contributed by atoms with Crippen molar-refractivity contribution in [2.24, 2.45) is 13.0 Å². The highest BCUT2D eigenvalue weighted by atomic mass is 19.2. The van der Waals surface area contributed by atoms with Gasteiger partial charge in [-0.15, -0.1) is 0 Å². The van der Waals surface area contributed by atoms with Gasteiger partial charge in [-0.1, -0.05) is 18.2 Å². The topological polar surface area (TPSA) is 132 Å². The molecular formula is C35H43F2N5O6. The zero-order valence-electron chi connectivity index (χ0n) is 27.8. The molecule has 2 aliphatic heterocycles. The second kappa shape index (κ2) is 14.3. The van der Waals surface area contributed by atoms with E-state index in [1.54, 1.807) is 37.3 Å². The quantitative estimate of drug-likeness (QED) is 0.328. The monoisotopic (exact) mass is 667 g/mol. The lowest BCUT2D eigenvalue weighted by Gasteiger charge is -2.34. The second-order valence-electron chi connectivity index (χ2n) is 13.8. The Bertz CT molecular complexity index is 1770. The van der Waals surface area contributed by atoms with Crippen LogP contribution < -0.4 is 16.3 Å². The van der Waals surface area contributed by atoms with Gasteiger partial charge in [-0.3, -0.25) is 28.8 Å². The van der Waals surface area contributed by atoms with Crippen LogP contribution in [0, 0.1) is 17.6 Å². The highest BCUT2D eigenvalue weighted by molar-refractivity contribution is 6.00. The number of imide groups is 1. The number of fused-ring (bicyclic) bond motifs is 1. The number of para-hydroxylation sites is 1. The molecule has 258 valence electrons. The molecule has 2 atom stereocenters. The predicted molar refractivity (Wildman–Crippen MR) is 174 cm³/mol. The molecule has 2 saturated heterocycles. The maximum Gasteiger partial charge on any atom is 0.408 e. The molecular weight excluding hydrogens is 624 g/mol. The molecule has 1 aromatic heterocycles. The number of hydrogen-bond donors (Lipinski definition) is 2. The first-order valence-electron chi connectivity index (χ1n) is 16.5. The first kappa shape index (κ1) is 34.8. The first-order chi connectivity index (χ1) is 22.7. The van der Waals surface area contributed by atoms with Crippen LogP contribution >= 0.6 is 0 Å². The number of benzene rings is 2. The number of likely N-dealkylation sites (tertiary alicyclic amines) is 1. The summed E-state index contributed by atoms with van der Waals surface area (Å²) in [4.78, 5) is 65.4. The number of aromatic nitrogens is 2. The summed E-state index contributed by atoms with van der Waals surface area (Å²) in [6.07, 6.45) is 3.70. The number of ether oxygens (including phenoxy) is 1. The summed E-state index contributed by atoms with van der Waals surface area (Å²) in [5.74, 6) is -2.75. The average Bonchev–Trinajstić information content (AvgIpc) is 3.27. The third kappa shape index (κ3) is 7.94. The van der Waals surface area contributed by atoms with Gasteiger partial charge >= 0.3 is 11.8 Å². The van der Waals surface area contributed by atoms with Crippen LogP contribution in [-0.2, 0) is 39.0 Å². The Balaban J connectivity index is 1.20. The zero-order valence-corrected chi connectivity index (χ0v) is 27.8. The summed E-state index contributed by atoms with van der Waals surface area (Å²) in [6.45, 7) is 6.12. The van der Waals surface area contributed by atoms with Crippen LogP contribution in [0.2, 0.25) is 0 Å². The molecule has 0 aliphatic carbocycles. The number of carbonyl (C=O) groups is 4. The number of hydrogen-bond acceptors (Lipinski definition) is 6. The molecule has 1 unspecified atom stereocenters. The minimum atomic E-state index is -1.03. The van der Waals surface area contributed by atoms with Crippen molar-refractivity contribution in [1.29, 1.82) is 0 Å². The Kier molecular flexibility index (Phi) is 10.4. The second-order valence-corrected chi connectivity index (χ2v) is 13.8. The van der Waals surface area contributed by atoms with E-state index < -0.39 is 41.3 Å². The number of piperidine rings is 2. The molecule has 2 N–H and O–H groups in total. The fourth-order valence-corrected chi connectivity index (χ4v) is 6.75. The molecule has 2 aliphatic rings. The SMILES string of the molecule is Cn1c(=O)n(C2CCC(=O)NC2=O)c2cccc(CCCC3CCN(C(=O)[C@H](Cc4ccc(F)c(F)c4)NC(=O)OC(C)(C)C)CC3)c21. The molecule has 2 aromatic carbocycles. The minimum absolute atomic E-state index is 0.0193. The molecule has 48 heavy (non-hydrogen) atoms. The number of alkyl carbamates (subject to hydrolysis) is 1. The van der Waals surface area contributed by atoms with Crippen molar-refractivity contribution in [3.8, 4) is 0 Å². The Morgan fingerprint density at radius 3 is 2.44 bits per heavy atom. The first-order valence-corrected chi connectivity index (χ1v) is 16.5. The van der Waals surface area contributed by atoms with Gasteiger partial charge in [0.05, 0.1) is 11.0 Å². The Labute approximate surface area is 277 Å². The van der Waals surface area contributed by atoms with E-state index in [0.29, 0.717) is 30.1 Å². The number of amides is 4. The number of nitrogens with one attached hydrogen (secondary N) is 2. The van der Waals surface area contributed by atoms with E-state index in [0.717, 1.165) is 55.3 Å². The van der Waals surface area contributed by atoms with Gasteiger partial charge < -0.3 is 15.0 Å². The molecule has 0 saturated carbocycles. The molecule has 2 fully saturated rings. The van der Waals surface area contributed by atoms with E-state index in [-0.39, 0.29) is 36.8 Å². The molecule has 0 bridgehead atoms. The van der Waals surface area contributed by atoms with E-state index in [2.05, 4.69) is 10.6 Å². The van der Waals surface area contributed by atoms with Gasteiger partial charge in [0.25, 0.3) is 0 Å². The Morgan fingerprint density at radius 2 is 1.77 bits per heavy atom. The summed E-state index contributed by atoms with van der Waals surface area (Å²) in [7, 11) is 1.70. The van der Waals surface area contributed by atoms with Crippen LogP contribution in [0.3, 0.4) is 0 Å². The molecule has 0 radical (unpaired) electrons. The van der Waals surface area contributed by atoms with Gasteiger partial charge in [0.1, 0.15) is 17.7 Å². The van der Waals surface area contributed by atoms with Crippen LogP contribution in [0.4, 0.5) is 13.6 Å². The average molecular weight is 668 g/mol. The normalized spacial score (nSPS) is 18.1. The van der Waals surface area contributed by atoms with Gasteiger partial charge in [-0.05, 0) is 94.5 Å². The lowest BCUT2D eigenvalue weighted by Crippen LogP contribution is -2.52. The summed E-state index contributed by atoms with van der Waals surface area (Å²) in [5, 5.41) is 4.97. The fourth-order valence-electron chi connectivity index (χ4n) is 6.75. The Hall–Kier alpha value is -4.55. The van der Waals surface area contributed by atoms with Crippen molar-refractivity contribution in [1.82, 2.24) is 24.7 Å². The van der Waals surface area contributed by atoms with Gasteiger partial charge in [0.2, 0.25) is 17.7 Å². The smallest absolute Gasteiger partial charge is 0.408 e. The van der Waals surface area contributed by atoms with E-state index in [4.69, 9.17) is 4.74 Å². The molecule has 3 aromatic rings. The van der Waals surface area contributed by atoms with Crippen LogP contribution in [-0.4, -0.2) is 62.6 Å². The van der Waals surface area contributed by atoms with Crippen molar-refractivity contribution in [3.63, 3.8) is 0 Å². The summed E-state index contributed by atoms with van der Waals surface area (Å²) >= 11 is 0. The van der Waals surface area contributed by atoms with Crippen molar-refractivity contribution in [3.05, 3.63) is 69.6 Å². The molecule has 3 heterocycles. The molecule has 4 amide bonds. The number of imidazole rings is 1. The van der Waals surface area contributed by atoms with Crippen molar-refractivity contribution in [2.45, 2.75) is 89.8 Å². The third-order valence-corrected chi connectivity index (χ3v) is 9.11. The highest BCUT2D eigenvalue weighted by Crippen LogP contribution is 2.28. The highest BCUT2D eigenvalue weighted by Gasteiger charge is 2.33. The van der Waals surface area contributed by atoms with Crippen LogP contribution in [0.5, 0.6) is 0 Å². The van der Waals surface area contributed by atoms with E-state index >= 15 is 0 Å². The molecule has 5 rings (SSSR count). The van der Waals surface area contributed by atoms with E-state index in [1.165, 1.54) is 10.6 Å². The standard InChI is InChI=1S/C35H43F2N5O6/c1-35(2,3)48-33(46)38-26(20-22-11-12-24(36)25(37)19-22)32(45)41-17-15-21(16-18-41)7-5-8-23-9-6-10-27-30(23)40(4)34(47)42(27)28-13-14-29(43)39-31(28)44/h6,9-12,19,21,26,28H,5,7-8,13-18,20H2,1-4H3,(H,38,46)(H,39,43,44)/t26-,28?/m0/s1. The minimum Gasteiger partial charge on any atom is -0.444 e. The number of aryl methyl sites for hydroxylation is 2. The molecule has 11 nitrogen and oxygen atoms in total. The van der Waals surface area contributed by atoms with Crippen LogP contribution in [0.25, 0.3) is 11.0 Å². The molecule has 13 heteroatoms. The van der Waals surface area contributed by atoms with Crippen LogP contribution in [0.15, 0.2) is 41.2 Å². The number of nitrogens with zero attached hydrogens (tertiary/aromatic N) is 3. The van der Waals surface area contributed by atoms with Gasteiger partial charge in [-0.2, -0.15) is 0 Å². The van der Waals surface area contributed by atoms with Crippen molar-refractivity contribution in [2.75, 3.05) is 13.1 Å². The number of halogens is 2. The van der Waals surface area contributed by atoms with Gasteiger partial charge in [0.15, 0.2) is 11.6 Å². The van der Waals surface area contributed by atoms with Gasteiger partial charge in [0, 0.05) is 33.0 Å². The summed E-state index contributed by atoms with van der Waals surface area (Å²) < 4.78 is 35.9. The van der Waals surface area contributed by atoms with E-state index in [9.17, 15) is 32.8 Å². The predicted octanol–water partition coefficient (Wildman–Crippen LogP) is 4.29. The largest absolute Gasteiger partial charge is 0.444 e. The van der Waals surface area contributed by atoms with Crippen molar-refractivity contribution < 1.29 is 32.7 Å². The lowest BCUT2D eigenvalue weighted by molar-refractivity contribution is -0.136. The third-order valence-electron chi connectivity index (χ3n) is 9.11.